The standard InChI is InChI=1S/C24H31FN2O/c1-27(2)24(21-9-6-10-22(25)16-21)20-13-11-19(12-14-20)17-26-23(28)15-18-7-4-3-5-8-18/h3-10,16,19-20,24H,11-15,17H2,1-2H3,(H,26,28). The summed E-state index contributed by atoms with van der Waals surface area (Å²) < 4.78 is 13.7. The second-order valence-electron chi connectivity index (χ2n) is 8.21. The first-order chi connectivity index (χ1) is 13.5. The van der Waals surface area contributed by atoms with Crippen LogP contribution in [0.5, 0.6) is 0 Å². The molecule has 0 saturated heterocycles. The van der Waals surface area contributed by atoms with Crippen molar-refractivity contribution in [1.82, 2.24) is 10.2 Å². The van der Waals surface area contributed by atoms with Crippen molar-refractivity contribution in [3.05, 3.63) is 71.5 Å². The molecule has 4 heteroatoms. The Morgan fingerprint density at radius 1 is 1.07 bits per heavy atom. The molecule has 0 aromatic heterocycles. The van der Waals surface area contributed by atoms with Crippen LogP contribution in [0.25, 0.3) is 0 Å². The molecule has 1 unspecified atom stereocenters. The summed E-state index contributed by atoms with van der Waals surface area (Å²) in [4.78, 5) is 14.4. The molecule has 3 nitrogen and oxygen atoms in total. The van der Waals surface area contributed by atoms with Crippen LogP contribution in [0, 0.1) is 17.7 Å². The van der Waals surface area contributed by atoms with Crippen LogP contribution < -0.4 is 5.32 Å². The van der Waals surface area contributed by atoms with Gasteiger partial charge >= 0.3 is 0 Å². The Hall–Kier alpha value is -2.20. The van der Waals surface area contributed by atoms with E-state index in [1.165, 1.54) is 6.07 Å². The molecule has 1 atom stereocenters. The zero-order chi connectivity index (χ0) is 19.9. The molecule has 0 spiro atoms. The zero-order valence-corrected chi connectivity index (χ0v) is 16.9. The van der Waals surface area contributed by atoms with Crippen LogP contribution in [-0.4, -0.2) is 31.4 Å². The molecule has 2 aromatic carbocycles. The first-order valence-corrected chi connectivity index (χ1v) is 10.3. The van der Waals surface area contributed by atoms with E-state index < -0.39 is 0 Å². The third-order valence-electron chi connectivity index (χ3n) is 5.88. The molecule has 28 heavy (non-hydrogen) atoms. The summed E-state index contributed by atoms with van der Waals surface area (Å²) in [7, 11) is 4.15. The highest BCUT2D eigenvalue weighted by molar-refractivity contribution is 5.78. The van der Waals surface area contributed by atoms with E-state index in [1.807, 2.05) is 36.4 Å². The number of hydrogen-bond acceptors (Lipinski definition) is 2. The topological polar surface area (TPSA) is 32.3 Å². The largest absolute Gasteiger partial charge is 0.356 e. The maximum atomic E-state index is 13.7. The van der Waals surface area contributed by atoms with Gasteiger partial charge < -0.3 is 10.2 Å². The van der Waals surface area contributed by atoms with E-state index >= 15 is 0 Å². The van der Waals surface area contributed by atoms with Crippen molar-refractivity contribution in [3.63, 3.8) is 0 Å². The van der Waals surface area contributed by atoms with Crippen molar-refractivity contribution in [2.24, 2.45) is 11.8 Å². The minimum absolute atomic E-state index is 0.0965. The number of amides is 1. The van der Waals surface area contributed by atoms with Crippen LogP contribution >= 0.6 is 0 Å². The second-order valence-corrected chi connectivity index (χ2v) is 8.21. The van der Waals surface area contributed by atoms with Crippen molar-refractivity contribution >= 4 is 5.91 Å². The Labute approximate surface area is 167 Å². The van der Waals surface area contributed by atoms with Gasteiger partial charge in [-0.25, -0.2) is 4.39 Å². The third kappa shape index (κ3) is 5.65. The van der Waals surface area contributed by atoms with E-state index in [0.29, 0.717) is 18.3 Å². The third-order valence-corrected chi connectivity index (χ3v) is 5.88. The SMILES string of the molecule is CN(C)C(c1cccc(F)c1)C1CCC(CNC(=O)Cc2ccccc2)CC1. The van der Waals surface area contributed by atoms with Gasteiger partial charge in [-0.2, -0.15) is 0 Å². The highest BCUT2D eigenvalue weighted by atomic mass is 19.1. The molecule has 150 valence electrons. The van der Waals surface area contributed by atoms with E-state index in [1.54, 1.807) is 12.1 Å². The number of nitrogens with zero attached hydrogens (tertiary/aromatic N) is 1. The van der Waals surface area contributed by atoms with Gasteiger partial charge in [0.25, 0.3) is 0 Å². The summed E-state index contributed by atoms with van der Waals surface area (Å²) in [6.07, 6.45) is 4.88. The number of halogens is 1. The molecule has 1 saturated carbocycles. The summed E-state index contributed by atoms with van der Waals surface area (Å²) in [6, 6.07) is 17.1. The minimum atomic E-state index is -0.167. The number of carbonyl (C=O) groups is 1. The second kappa shape index (κ2) is 9.83. The number of carbonyl (C=O) groups excluding carboxylic acids is 1. The predicted octanol–water partition coefficient (Wildman–Crippen LogP) is 4.59. The molecular formula is C24H31FN2O. The first-order valence-electron chi connectivity index (χ1n) is 10.3. The van der Waals surface area contributed by atoms with E-state index in [2.05, 4.69) is 24.3 Å². The number of nitrogens with one attached hydrogen (secondary N) is 1. The van der Waals surface area contributed by atoms with Crippen molar-refractivity contribution in [3.8, 4) is 0 Å². The molecule has 1 N–H and O–H groups in total. The van der Waals surface area contributed by atoms with Crippen LogP contribution in [0.2, 0.25) is 0 Å². The zero-order valence-electron chi connectivity index (χ0n) is 16.9. The maximum Gasteiger partial charge on any atom is 0.224 e. The average molecular weight is 383 g/mol. The molecule has 0 aliphatic heterocycles. The van der Waals surface area contributed by atoms with Gasteiger partial charge in [0.15, 0.2) is 0 Å². The first kappa shape index (κ1) is 20.5. The van der Waals surface area contributed by atoms with Crippen LogP contribution in [0.15, 0.2) is 54.6 Å². The fraction of sp³-hybridized carbons (Fsp3) is 0.458. The van der Waals surface area contributed by atoms with Crippen molar-refractivity contribution in [2.75, 3.05) is 20.6 Å². The molecular weight excluding hydrogens is 351 g/mol. The summed E-state index contributed by atoms with van der Waals surface area (Å²) >= 11 is 0. The van der Waals surface area contributed by atoms with Gasteiger partial charge in [0.05, 0.1) is 6.42 Å². The van der Waals surface area contributed by atoms with Gasteiger partial charge in [-0.15, -0.1) is 0 Å². The molecule has 0 bridgehead atoms. The Morgan fingerprint density at radius 3 is 2.43 bits per heavy atom. The Kier molecular flexibility index (Phi) is 7.21. The fourth-order valence-electron chi connectivity index (χ4n) is 4.49. The normalized spacial score (nSPS) is 20.7. The van der Waals surface area contributed by atoms with E-state index in [9.17, 15) is 9.18 Å². The lowest BCUT2D eigenvalue weighted by Crippen LogP contribution is -2.35. The molecule has 2 aromatic rings. The lowest BCUT2D eigenvalue weighted by atomic mass is 9.76. The molecule has 1 aliphatic carbocycles. The molecule has 1 aliphatic rings. The molecule has 3 rings (SSSR count). The Bertz CT molecular complexity index is 754. The van der Waals surface area contributed by atoms with Crippen molar-refractivity contribution < 1.29 is 9.18 Å². The highest BCUT2D eigenvalue weighted by Crippen LogP contribution is 2.39. The van der Waals surface area contributed by atoms with E-state index in [0.717, 1.165) is 43.4 Å². The number of hydrogen-bond donors (Lipinski definition) is 1. The fourth-order valence-corrected chi connectivity index (χ4v) is 4.49. The molecule has 1 amide bonds. The van der Waals surface area contributed by atoms with Gasteiger partial charge in [-0.1, -0.05) is 42.5 Å². The summed E-state index contributed by atoms with van der Waals surface area (Å²) in [5.74, 6) is 0.984. The summed E-state index contributed by atoms with van der Waals surface area (Å²) in [6.45, 7) is 0.755. The van der Waals surface area contributed by atoms with Gasteiger partial charge in [-0.05, 0) is 74.9 Å². The Morgan fingerprint density at radius 2 is 1.79 bits per heavy atom. The highest BCUT2D eigenvalue weighted by Gasteiger charge is 2.30. The number of rotatable bonds is 7. The van der Waals surface area contributed by atoms with E-state index in [-0.39, 0.29) is 17.8 Å². The summed E-state index contributed by atoms with van der Waals surface area (Å²) in [5.41, 5.74) is 2.11. The molecule has 0 heterocycles. The van der Waals surface area contributed by atoms with Crippen molar-refractivity contribution in [1.29, 1.82) is 0 Å². The maximum absolute atomic E-state index is 13.7. The van der Waals surface area contributed by atoms with Crippen LogP contribution in [-0.2, 0) is 11.2 Å². The van der Waals surface area contributed by atoms with Gasteiger partial charge in [0, 0.05) is 12.6 Å². The molecule has 1 fully saturated rings. The predicted molar refractivity (Wildman–Crippen MR) is 111 cm³/mol. The van der Waals surface area contributed by atoms with E-state index in [4.69, 9.17) is 0 Å². The smallest absolute Gasteiger partial charge is 0.224 e. The average Bonchev–Trinajstić information content (AvgIpc) is 2.68. The van der Waals surface area contributed by atoms with Crippen molar-refractivity contribution in [2.45, 2.75) is 38.1 Å². The van der Waals surface area contributed by atoms with Gasteiger partial charge in [0.2, 0.25) is 5.91 Å². The van der Waals surface area contributed by atoms with Gasteiger partial charge in [-0.3, -0.25) is 4.79 Å². The lowest BCUT2D eigenvalue weighted by molar-refractivity contribution is -0.120. The van der Waals surface area contributed by atoms with Crippen LogP contribution in [0.4, 0.5) is 4.39 Å². The minimum Gasteiger partial charge on any atom is -0.356 e. The van der Waals surface area contributed by atoms with Gasteiger partial charge in [0.1, 0.15) is 5.82 Å². The lowest BCUT2D eigenvalue weighted by Gasteiger charge is -2.37. The van der Waals surface area contributed by atoms with Crippen LogP contribution in [0.1, 0.15) is 42.9 Å². The quantitative estimate of drug-likeness (QED) is 0.759. The number of benzene rings is 2. The molecule has 0 radical (unpaired) electrons. The van der Waals surface area contributed by atoms with Crippen LogP contribution in [0.3, 0.4) is 0 Å². The summed E-state index contributed by atoms with van der Waals surface area (Å²) in [5, 5.41) is 3.11. The monoisotopic (exact) mass is 382 g/mol. The Balaban J connectivity index is 1.48.